The highest BCUT2D eigenvalue weighted by atomic mass is 15.3. The average molecular weight is 332 g/mol. The van der Waals surface area contributed by atoms with Gasteiger partial charge in [-0.3, -0.25) is 14.9 Å². The molecule has 2 rings (SSSR count). The Kier molecular flexibility index (Phi) is 8.55. The maximum atomic E-state index is 4.70. The molecule has 2 N–H and O–H groups in total. The van der Waals surface area contributed by atoms with E-state index in [2.05, 4.69) is 45.3 Å². The molecule has 6 nitrogen and oxygen atoms in total. The second-order valence-electron chi connectivity index (χ2n) is 6.03. The summed E-state index contributed by atoms with van der Waals surface area (Å²) in [6, 6.07) is 6.03. The fourth-order valence-electron chi connectivity index (χ4n) is 2.83. The van der Waals surface area contributed by atoms with E-state index in [-0.39, 0.29) is 0 Å². The van der Waals surface area contributed by atoms with Crippen LogP contribution in [0.15, 0.2) is 29.4 Å². The summed E-state index contributed by atoms with van der Waals surface area (Å²) in [7, 11) is 0. The molecule has 1 saturated heterocycles. The molecule has 0 unspecified atom stereocenters. The molecule has 2 heterocycles. The van der Waals surface area contributed by atoms with Crippen LogP contribution in [-0.4, -0.2) is 79.6 Å². The number of pyridine rings is 1. The first-order chi connectivity index (χ1) is 11.8. The number of hydrogen-bond donors (Lipinski definition) is 2. The van der Waals surface area contributed by atoms with Gasteiger partial charge in [0.1, 0.15) is 0 Å². The van der Waals surface area contributed by atoms with Crippen LogP contribution >= 0.6 is 0 Å². The summed E-state index contributed by atoms with van der Waals surface area (Å²) in [5, 5.41) is 6.71. The van der Waals surface area contributed by atoms with Crippen molar-refractivity contribution in [2.75, 3.05) is 58.9 Å². The molecule has 0 aliphatic carbocycles. The Bertz CT molecular complexity index is 468. The van der Waals surface area contributed by atoms with Crippen LogP contribution in [0.5, 0.6) is 0 Å². The van der Waals surface area contributed by atoms with Crippen molar-refractivity contribution in [2.45, 2.75) is 20.3 Å². The number of aromatic nitrogens is 1. The topological polar surface area (TPSA) is 55.8 Å². The van der Waals surface area contributed by atoms with E-state index in [1.54, 1.807) is 0 Å². The van der Waals surface area contributed by atoms with Crippen molar-refractivity contribution in [1.29, 1.82) is 0 Å². The van der Waals surface area contributed by atoms with E-state index in [4.69, 9.17) is 4.99 Å². The van der Waals surface area contributed by atoms with Gasteiger partial charge in [-0.15, -0.1) is 0 Å². The fraction of sp³-hybridized carbons (Fsp3) is 0.667. The van der Waals surface area contributed by atoms with E-state index < -0.39 is 0 Å². The van der Waals surface area contributed by atoms with Crippen LogP contribution in [-0.2, 0) is 6.42 Å². The quantitative estimate of drug-likeness (QED) is 0.545. The highest BCUT2D eigenvalue weighted by molar-refractivity contribution is 5.79. The number of rotatable bonds is 8. The zero-order valence-electron chi connectivity index (χ0n) is 15.2. The van der Waals surface area contributed by atoms with E-state index in [9.17, 15) is 0 Å². The maximum Gasteiger partial charge on any atom is 0.191 e. The summed E-state index contributed by atoms with van der Waals surface area (Å²) < 4.78 is 0. The van der Waals surface area contributed by atoms with Gasteiger partial charge >= 0.3 is 0 Å². The lowest BCUT2D eigenvalue weighted by atomic mass is 10.3. The third-order valence-corrected chi connectivity index (χ3v) is 4.34. The van der Waals surface area contributed by atoms with E-state index >= 15 is 0 Å². The molecule has 1 fully saturated rings. The van der Waals surface area contributed by atoms with E-state index in [0.717, 1.165) is 63.9 Å². The Morgan fingerprint density at radius 3 is 2.58 bits per heavy atom. The zero-order valence-corrected chi connectivity index (χ0v) is 15.2. The fourth-order valence-corrected chi connectivity index (χ4v) is 2.83. The van der Waals surface area contributed by atoms with Crippen molar-refractivity contribution in [3.05, 3.63) is 30.1 Å². The van der Waals surface area contributed by atoms with Gasteiger partial charge in [-0.1, -0.05) is 13.0 Å². The molecule has 24 heavy (non-hydrogen) atoms. The minimum atomic E-state index is 0.838. The molecular formula is C18H32N6. The lowest BCUT2D eigenvalue weighted by Gasteiger charge is -2.33. The van der Waals surface area contributed by atoms with Crippen molar-refractivity contribution < 1.29 is 0 Å². The van der Waals surface area contributed by atoms with Crippen molar-refractivity contribution in [3.8, 4) is 0 Å². The highest BCUT2D eigenvalue weighted by Gasteiger charge is 2.14. The van der Waals surface area contributed by atoms with Crippen LogP contribution in [0.1, 0.15) is 19.5 Å². The predicted octanol–water partition coefficient (Wildman–Crippen LogP) is 0.817. The monoisotopic (exact) mass is 332 g/mol. The Morgan fingerprint density at radius 2 is 1.92 bits per heavy atom. The van der Waals surface area contributed by atoms with Gasteiger partial charge in [-0.25, -0.2) is 0 Å². The Hall–Kier alpha value is -1.66. The number of likely N-dealkylation sites (N-methyl/N-ethyl adjacent to an activating group) is 1. The Balaban J connectivity index is 1.68. The average Bonchev–Trinajstić information content (AvgIpc) is 2.63. The maximum absolute atomic E-state index is 4.70. The highest BCUT2D eigenvalue weighted by Crippen LogP contribution is 2.00. The molecule has 134 valence electrons. The van der Waals surface area contributed by atoms with Crippen molar-refractivity contribution in [2.24, 2.45) is 4.99 Å². The summed E-state index contributed by atoms with van der Waals surface area (Å²) >= 11 is 0. The van der Waals surface area contributed by atoms with Crippen LogP contribution in [0.3, 0.4) is 0 Å². The zero-order chi connectivity index (χ0) is 17.0. The minimum Gasteiger partial charge on any atom is -0.357 e. The molecule has 0 saturated carbocycles. The Labute approximate surface area is 146 Å². The SMILES string of the molecule is CCNC(=NCCN1CCN(CC)CC1)NCCc1ccccn1. The summed E-state index contributed by atoms with van der Waals surface area (Å²) in [6.07, 6.45) is 2.75. The number of nitrogens with one attached hydrogen (secondary N) is 2. The summed E-state index contributed by atoms with van der Waals surface area (Å²) in [4.78, 5) is 14.1. The van der Waals surface area contributed by atoms with Crippen LogP contribution in [0.25, 0.3) is 0 Å². The summed E-state index contributed by atoms with van der Waals surface area (Å²) in [5.41, 5.74) is 1.11. The second-order valence-corrected chi connectivity index (χ2v) is 6.03. The molecule has 0 radical (unpaired) electrons. The van der Waals surface area contributed by atoms with Gasteiger partial charge < -0.3 is 15.5 Å². The van der Waals surface area contributed by atoms with Gasteiger partial charge in [0.2, 0.25) is 0 Å². The number of guanidine groups is 1. The standard InChI is InChI=1S/C18H32N6/c1-3-19-18(21-10-8-17-7-5-6-9-20-17)22-11-12-24-15-13-23(4-2)14-16-24/h5-7,9H,3-4,8,10-16H2,1-2H3,(H2,19,21,22). The van der Waals surface area contributed by atoms with Crippen LogP contribution in [0.4, 0.5) is 0 Å². The first-order valence-corrected chi connectivity index (χ1v) is 9.18. The van der Waals surface area contributed by atoms with Crippen molar-refractivity contribution in [1.82, 2.24) is 25.4 Å². The number of hydrogen-bond acceptors (Lipinski definition) is 4. The van der Waals surface area contributed by atoms with Crippen LogP contribution < -0.4 is 10.6 Å². The molecule has 0 aromatic carbocycles. The number of piperazine rings is 1. The summed E-state index contributed by atoms with van der Waals surface area (Å²) in [6.45, 7) is 13.8. The Morgan fingerprint density at radius 1 is 1.12 bits per heavy atom. The molecule has 0 bridgehead atoms. The smallest absolute Gasteiger partial charge is 0.191 e. The molecule has 1 aromatic heterocycles. The lowest BCUT2D eigenvalue weighted by Crippen LogP contribution is -2.47. The molecular weight excluding hydrogens is 300 g/mol. The van der Waals surface area contributed by atoms with Crippen LogP contribution in [0.2, 0.25) is 0 Å². The van der Waals surface area contributed by atoms with Gasteiger partial charge in [0.05, 0.1) is 6.54 Å². The molecule has 0 spiro atoms. The molecule has 1 aliphatic heterocycles. The van der Waals surface area contributed by atoms with Gasteiger partial charge in [-0.05, 0) is 25.6 Å². The van der Waals surface area contributed by atoms with Gasteiger partial charge in [0, 0.05) is 64.1 Å². The third-order valence-electron chi connectivity index (χ3n) is 4.34. The molecule has 6 heteroatoms. The van der Waals surface area contributed by atoms with Crippen molar-refractivity contribution in [3.63, 3.8) is 0 Å². The van der Waals surface area contributed by atoms with Crippen LogP contribution in [0, 0.1) is 0 Å². The van der Waals surface area contributed by atoms with Gasteiger partial charge in [-0.2, -0.15) is 0 Å². The largest absolute Gasteiger partial charge is 0.357 e. The first-order valence-electron chi connectivity index (χ1n) is 9.18. The van der Waals surface area contributed by atoms with E-state index in [0.29, 0.717) is 0 Å². The van der Waals surface area contributed by atoms with Crippen molar-refractivity contribution >= 4 is 5.96 Å². The summed E-state index contributed by atoms with van der Waals surface area (Å²) in [5.74, 6) is 0.903. The second kappa shape index (κ2) is 11.0. The predicted molar refractivity (Wildman–Crippen MR) is 100 cm³/mol. The lowest BCUT2D eigenvalue weighted by molar-refractivity contribution is 0.140. The number of nitrogens with zero attached hydrogens (tertiary/aromatic N) is 4. The normalized spacial score (nSPS) is 17.0. The third kappa shape index (κ3) is 6.84. The molecule has 0 atom stereocenters. The number of aliphatic imine (C=N–C) groups is 1. The van der Waals surface area contributed by atoms with Gasteiger partial charge in [0.15, 0.2) is 5.96 Å². The van der Waals surface area contributed by atoms with Gasteiger partial charge in [0.25, 0.3) is 0 Å². The molecule has 0 amide bonds. The van der Waals surface area contributed by atoms with E-state index in [1.165, 1.54) is 13.1 Å². The molecule has 1 aliphatic rings. The first kappa shape index (κ1) is 18.7. The molecule has 1 aromatic rings. The van der Waals surface area contributed by atoms with E-state index in [1.807, 2.05) is 18.3 Å². The minimum absolute atomic E-state index is 0.838.